The van der Waals surface area contributed by atoms with E-state index in [1.165, 1.54) is 0 Å². The third-order valence-corrected chi connectivity index (χ3v) is 4.24. The Bertz CT molecular complexity index is 681. The normalized spacial score (nSPS) is 11.7. The number of fused-ring (bicyclic) bond motifs is 1. The molecule has 0 aliphatic rings. The third kappa shape index (κ3) is 3.67. The Hall–Kier alpha value is -1.62. The number of hydrogen-bond donors (Lipinski definition) is 1. The molecular formula is C14H18N2O2S. The van der Waals surface area contributed by atoms with Gasteiger partial charge in [-0.25, -0.2) is 8.42 Å². The second-order valence-electron chi connectivity index (χ2n) is 4.63. The molecule has 0 aliphatic heterocycles. The molecule has 0 saturated carbocycles. The standard InChI is InChI=1S/C14H18N2O2S/c1-3-4-9-19(17,18)16-13-7-8-14-12(10-13)6-5-11(2)15-14/h5-8,10,16H,3-4,9H2,1-2H3. The van der Waals surface area contributed by atoms with Crippen LogP contribution in [0.15, 0.2) is 30.3 Å². The van der Waals surface area contributed by atoms with E-state index in [2.05, 4.69) is 9.71 Å². The van der Waals surface area contributed by atoms with Crippen LogP contribution in [0.4, 0.5) is 5.69 Å². The number of benzene rings is 1. The van der Waals surface area contributed by atoms with Crippen molar-refractivity contribution in [3.8, 4) is 0 Å². The Morgan fingerprint density at radius 1 is 1.21 bits per heavy atom. The van der Waals surface area contributed by atoms with Gasteiger partial charge in [-0.2, -0.15) is 0 Å². The molecule has 5 heteroatoms. The van der Waals surface area contributed by atoms with Crippen LogP contribution in [0.25, 0.3) is 10.9 Å². The number of unbranched alkanes of at least 4 members (excludes halogenated alkanes) is 1. The lowest BCUT2D eigenvalue weighted by Gasteiger charge is -2.08. The van der Waals surface area contributed by atoms with Crippen molar-refractivity contribution in [2.45, 2.75) is 26.7 Å². The monoisotopic (exact) mass is 278 g/mol. The van der Waals surface area contributed by atoms with Gasteiger partial charge in [-0.15, -0.1) is 0 Å². The maximum absolute atomic E-state index is 11.8. The van der Waals surface area contributed by atoms with E-state index in [0.29, 0.717) is 12.1 Å². The number of aromatic nitrogens is 1. The molecule has 19 heavy (non-hydrogen) atoms. The van der Waals surface area contributed by atoms with Gasteiger partial charge in [-0.05, 0) is 37.6 Å². The number of nitrogens with zero attached hydrogens (tertiary/aromatic N) is 1. The van der Waals surface area contributed by atoms with Crippen molar-refractivity contribution in [3.05, 3.63) is 36.0 Å². The summed E-state index contributed by atoms with van der Waals surface area (Å²) < 4.78 is 26.2. The quantitative estimate of drug-likeness (QED) is 0.914. The minimum absolute atomic E-state index is 0.160. The Kier molecular flexibility index (Phi) is 4.04. The molecule has 0 fully saturated rings. The number of hydrogen-bond acceptors (Lipinski definition) is 3. The minimum Gasteiger partial charge on any atom is -0.284 e. The van der Waals surface area contributed by atoms with E-state index >= 15 is 0 Å². The SMILES string of the molecule is CCCCS(=O)(=O)Nc1ccc2nc(C)ccc2c1. The van der Waals surface area contributed by atoms with Crippen molar-refractivity contribution in [1.29, 1.82) is 0 Å². The maximum atomic E-state index is 11.8. The molecule has 1 heterocycles. The van der Waals surface area contributed by atoms with Crippen molar-refractivity contribution >= 4 is 26.6 Å². The van der Waals surface area contributed by atoms with Crippen LogP contribution in [-0.2, 0) is 10.0 Å². The lowest BCUT2D eigenvalue weighted by Crippen LogP contribution is -2.16. The number of nitrogens with one attached hydrogen (secondary N) is 1. The molecule has 1 aromatic heterocycles. The van der Waals surface area contributed by atoms with Gasteiger partial charge in [-0.3, -0.25) is 9.71 Å². The molecule has 0 saturated heterocycles. The number of pyridine rings is 1. The zero-order valence-electron chi connectivity index (χ0n) is 11.2. The molecule has 0 spiro atoms. The van der Waals surface area contributed by atoms with Crippen molar-refractivity contribution in [3.63, 3.8) is 0 Å². The van der Waals surface area contributed by atoms with Crippen molar-refractivity contribution in [2.75, 3.05) is 10.5 Å². The summed E-state index contributed by atoms with van der Waals surface area (Å²) in [7, 11) is -3.24. The molecule has 0 atom stereocenters. The molecule has 2 rings (SSSR count). The zero-order valence-corrected chi connectivity index (χ0v) is 12.0. The molecule has 1 aromatic carbocycles. The smallest absolute Gasteiger partial charge is 0.232 e. The molecule has 0 amide bonds. The second kappa shape index (κ2) is 5.57. The van der Waals surface area contributed by atoms with Gasteiger partial charge in [0.25, 0.3) is 0 Å². The van der Waals surface area contributed by atoms with E-state index in [0.717, 1.165) is 23.0 Å². The van der Waals surface area contributed by atoms with Gasteiger partial charge < -0.3 is 0 Å². The predicted molar refractivity (Wildman–Crippen MR) is 78.8 cm³/mol. The average Bonchev–Trinajstić information content (AvgIpc) is 2.36. The zero-order chi connectivity index (χ0) is 13.9. The molecule has 2 aromatic rings. The third-order valence-electron chi connectivity index (χ3n) is 2.87. The highest BCUT2D eigenvalue weighted by Crippen LogP contribution is 2.19. The van der Waals surface area contributed by atoms with E-state index in [9.17, 15) is 8.42 Å². The highest BCUT2D eigenvalue weighted by Gasteiger charge is 2.09. The Morgan fingerprint density at radius 3 is 2.74 bits per heavy atom. The Balaban J connectivity index is 2.24. The number of anilines is 1. The van der Waals surface area contributed by atoms with Crippen molar-refractivity contribution in [1.82, 2.24) is 4.98 Å². The lowest BCUT2D eigenvalue weighted by molar-refractivity contribution is 0.598. The van der Waals surface area contributed by atoms with Crippen molar-refractivity contribution in [2.24, 2.45) is 0 Å². The van der Waals surface area contributed by atoms with Crippen LogP contribution in [0.3, 0.4) is 0 Å². The average molecular weight is 278 g/mol. The topological polar surface area (TPSA) is 59.1 Å². The summed E-state index contributed by atoms with van der Waals surface area (Å²) in [5, 5.41) is 0.932. The number of aryl methyl sites for hydroxylation is 1. The van der Waals surface area contributed by atoms with Crippen LogP contribution in [0.1, 0.15) is 25.5 Å². The Labute approximate surface area is 113 Å². The minimum atomic E-state index is -3.24. The van der Waals surface area contributed by atoms with Crippen LogP contribution >= 0.6 is 0 Å². The number of rotatable bonds is 5. The van der Waals surface area contributed by atoms with Gasteiger partial charge in [0.15, 0.2) is 0 Å². The summed E-state index contributed by atoms with van der Waals surface area (Å²) in [5.41, 5.74) is 2.41. The molecule has 1 N–H and O–H groups in total. The Morgan fingerprint density at radius 2 is 2.00 bits per heavy atom. The molecule has 0 bridgehead atoms. The van der Waals surface area contributed by atoms with E-state index in [4.69, 9.17) is 0 Å². The second-order valence-corrected chi connectivity index (χ2v) is 6.48. The first-order valence-corrected chi connectivity index (χ1v) is 8.03. The summed E-state index contributed by atoms with van der Waals surface area (Å²) in [6.45, 7) is 3.90. The lowest BCUT2D eigenvalue weighted by atomic mass is 10.2. The van der Waals surface area contributed by atoms with Gasteiger partial charge in [0.2, 0.25) is 10.0 Å². The summed E-state index contributed by atoms with van der Waals surface area (Å²) in [6, 6.07) is 9.25. The largest absolute Gasteiger partial charge is 0.284 e. The summed E-state index contributed by atoms with van der Waals surface area (Å²) in [4.78, 5) is 4.39. The first-order chi connectivity index (χ1) is 9.00. The van der Waals surface area contributed by atoms with Crippen LogP contribution in [0.2, 0.25) is 0 Å². The molecule has 0 unspecified atom stereocenters. The summed E-state index contributed by atoms with van der Waals surface area (Å²) in [5.74, 6) is 0.160. The first-order valence-electron chi connectivity index (χ1n) is 6.38. The fourth-order valence-electron chi connectivity index (χ4n) is 1.86. The molecule has 102 valence electrons. The van der Waals surface area contributed by atoms with Gasteiger partial charge in [0.1, 0.15) is 0 Å². The van der Waals surface area contributed by atoms with E-state index < -0.39 is 10.0 Å². The maximum Gasteiger partial charge on any atom is 0.232 e. The first kappa shape index (κ1) is 13.8. The van der Waals surface area contributed by atoms with E-state index in [1.54, 1.807) is 6.07 Å². The predicted octanol–water partition coefficient (Wildman–Crippen LogP) is 3.09. The fourth-order valence-corrected chi connectivity index (χ4v) is 3.11. The molecule has 0 radical (unpaired) electrons. The molecule has 4 nitrogen and oxygen atoms in total. The molecule has 0 aliphatic carbocycles. The van der Waals surface area contributed by atoms with Crippen LogP contribution in [0.5, 0.6) is 0 Å². The van der Waals surface area contributed by atoms with Gasteiger partial charge in [0, 0.05) is 16.8 Å². The highest BCUT2D eigenvalue weighted by molar-refractivity contribution is 7.92. The number of sulfonamides is 1. The van der Waals surface area contributed by atoms with Crippen LogP contribution in [-0.4, -0.2) is 19.2 Å². The van der Waals surface area contributed by atoms with Gasteiger partial charge in [0.05, 0.1) is 11.3 Å². The fraction of sp³-hybridized carbons (Fsp3) is 0.357. The van der Waals surface area contributed by atoms with Crippen molar-refractivity contribution < 1.29 is 8.42 Å². The van der Waals surface area contributed by atoms with E-state index in [-0.39, 0.29) is 5.75 Å². The van der Waals surface area contributed by atoms with Gasteiger partial charge >= 0.3 is 0 Å². The summed E-state index contributed by atoms with van der Waals surface area (Å²) in [6.07, 6.45) is 1.53. The van der Waals surface area contributed by atoms with Gasteiger partial charge in [-0.1, -0.05) is 19.4 Å². The molecular weight excluding hydrogens is 260 g/mol. The van der Waals surface area contributed by atoms with Crippen LogP contribution in [0, 0.1) is 6.92 Å². The van der Waals surface area contributed by atoms with E-state index in [1.807, 2.05) is 38.1 Å². The van der Waals surface area contributed by atoms with Crippen LogP contribution < -0.4 is 4.72 Å². The highest BCUT2D eigenvalue weighted by atomic mass is 32.2. The summed E-state index contributed by atoms with van der Waals surface area (Å²) >= 11 is 0.